The van der Waals surface area contributed by atoms with Crippen molar-refractivity contribution in [1.82, 2.24) is 9.88 Å². The molecule has 0 bridgehead atoms. The van der Waals surface area contributed by atoms with Crippen molar-refractivity contribution in [2.45, 2.75) is 19.6 Å². The largest absolute Gasteiger partial charge is 0.373 e. The van der Waals surface area contributed by atoms with Crippen molar-refractivity contribution < 1.29 is 18.3 Å². The Bertz CT molecular complexity index is 1180. The van der Waals surface area contributed by atoms with Gasteiger partial charge in [-0.1, -0.05) is 0 Å². The summed E-state index contributed by atoms with van der Waals surface area (Å²) in [5, 5.41) is 3.53. The number of carbonyl (C=O) groups is 1. The Balaban J connectivity index is 1.71. The second-order valence-corrected chi connectivity index (χ2v) is 7.07. The summed E-state index contributed by atoms with van der Waals surface area (Å²) < 4.78 is 32.9. The Morgan fingerprint density at radius 1 is 1.21 bits per heavy atom. The Morgan fingerprint density at radius 2 is 2.00 bits per heavy atom. The molecular formula is C21H19F2N3O3. The van der Waals surface area contributed by atoms with Crippen LogP contribution in [0.25, 0.3) is 10.8 Å². The Hall–Kier alpha value is -3.26. The van der Waals surface area contributed by atoms with Gasteiger partial charge in [-0.15, -0.1) is 0 Å². The fourth-order valence-corrected chi connectivity index (χ4v) is 3.60. The zero-order valence-electron chi connectivity index (χ0n) is 15.9. The number of pyridine rings is 1. The molecule has 1 aliphatic heterocycles. The van der Waals surface area contributed by atoms with Gasteiger partial charge in [0.15, 0.2) is 0 Å². The van der Waals surface area contributed by atoms with E-state index >= 15 is 0 Å². The molecule has 2 heterocycles. The lowest BCUT2D eigenvalue weighted by molar-refractivity contribution is 0.0527. The topological polar surface area (TPSA) is 74.4 Å². The first-order valence-corrected chi connectivity index (χ1v) is 9.07. The van der Waals surface area contributed by atoms with Crippen LogP contribution in [0.1, 0.15) is 22.9 Å². The number of benzene rings is 2. The summed E-state index contributed by atoms with van der Waals surface area (Å²) in [4.78, 5) is 29.3. The van der Waals surface area contributed by atoms with Crippen LogP contribution >= 0.6 is 0 Å². The van der Waals surface area contributed by atoms with E-state index in [-0.39, 0.29) is 24.6 Å². The molecule has 150 valence electrons. The third-order valence-electron chi connectivity index (χ3n) is 5.16. The SMILES string of the molecule is Cc1cc(NC(=O)N(C)C2COCc3[nH]c(=O)c4ccc(F)cc4c32)ccc1F. The minimum Gasteiger partial charge on any atom is -0.373 e. The molecule has 1 aliphatic rings. The van der Waals surface area contributed by atoms with Crippen LogP contribution in [-0.4, -0.2) is 29.6 Å². The quantitative estimate of drug-likeness (QED) is 0.687. The molecule has 0 radical (unpaired) electrons. The summed E-state index contributed by atoms with van der Waals surface area (Å²) >= 11 is 0. The molecule has 29 heavy (non-hydrogen) atoms. The number of halogens is 2. The van der Waals surface area contributed by atoms with Crippen molar-refractivity contribution in [3.8, 4) is 0 Å². The van der Waals surface area contributed by atoms with E-state index in [4.69, 9.17) is 4.74 Å². The minimum atomic E-state index is -0.540. The van der Waals surface area contributed by atoms with E-state index in [1.165, 1.54) is 41.3 Å². The molecule has 6 nitrogen and oxygen atoms in total. The molecule has 0 spiro atoms. The first-order valence-electron chi connectivity index (χ1n) is 9.07. The van der Waals surface area contributed by atoms with Crippen LogP contribution in [0.15, 0.2) is 41.2 Å². The smallest absolute Gasteiger partial charge is 0.322 e. The number of hydrogen-bond acceptors (Lipinski definition) is 3. The van der Waals surface area contributed by atoms with E-state index < -0.39 is 17.9 Å². The van der Waals surface area contributed by atoms with Crippen LogP contribution < -0.4 is 10.9 Å². The number of nitrogens with one attached hydrogen (secondary N) is 2. The van der Waals surface area contributed by atoms with Gasteiger partial charge in [-0.2, -0.15) is 0 Å². The molecule has 0 saturated carbocycles. The lowest BCUT2D eigenvalue weighted by Crippen LogP contribution is -2.39. The van der Waals surface area contributed by atoms with Crippen LogP contribution in [0, 0.1) is 18.6 Å². The second-order valence-electron chi connectivity index (χ2n) is 7.07. The highest BCUT2D eigenvalue weighted by Crippen LogP contribution is 2.33. The molecule has 1 aromatic heterocycles. The zero-order chi connectivity index (χ0) is 20.7. The summed E-state index contributed by atoms with van der Waals surface area (Å²) in [6.07, 6.45) is 0. The van der Waals surface area contributed by atoms with Crippen molar-refractivity contribution >= 4 is 22.5 Å². The molecule has 1 atom stereocenters. The molecular weight excluding hydrogens is 380 g/mol. The number of fused-ring (bicyclic) bond motifs is 3. The van der Waals surface area contributed by atoms with Gasteiger partial charge in [0, 0.05) is 29.4 Å². The number of carbonyl (C=O) groups excluding carboxylic acids is 1. The van der Waals surface area contributed by atoms with E-state index in [2.05, 4.69) is 10.3 Å². The van der Waals surface area contributed by atoms with Gasteiger partial charge >= 0.3 is 6.03 Å². The van der Waals surface area contributed by atoms with Gasteiger partial charge in [0.05, 0.1) is 19.3 Å². The number of amides is 2. The zero-order valence-corrected chi connectivity index (χ0v) is 15.9. The summed E-state index contributed by atoms with van der Waals surface area (Å²) in [5.74, 6) is -0.826. The van der Waals surface area contributed by atoms with Gasteiger partial charge < -0.3 is 19.9 Å². The fraction of sp³-hybridized carbons (Fsp3) is 0.238. The normalized spacial score (nSPS) is 15.8. The van der Waals surface area contributed by atoms with E-state index in [0.717, 1.165) is 0 Å². The van der Waals surface area contributed by atoms with Gasteiger partial charge in [-0.05, 0) is 54.3 Å². The highest BCUT2D eigenvalue weighted by Gasteiger charge is 2.30. The molecule has 2 amide bonds. The number of urea groups is 1. The highest BCUT2D eigenvalue weighted by molar-refractivity contribution is 5.91. The molecule has 3 aromatic rings. The predicted octanol–water partition coefficient (Wildman–Crippen LogP) is 3.85. The van der Waals surface area contributed by atoms with Crippen molar-refractivity contribution in [1.29, 1.82) is 0 Å². The van der Waals surface area contributed by atoms with E-state index in [9.17, 15) is 18.4 Å². The van der Waals surface area contributed by atoms with Crippen molar-refractivity contribution in [2.75, 3.05) is 19.0 Å². The van der Waals surface area contributed by atoms with Crippen LogP contribution in [0.5, 0.6) is 0 Å². The average molecular weight is 399 g/mol. The van der Waals surface area contributed by atoms with Gasteiger partial charge in [0.1, 0.15) is 11.6 Å². The first-order chi connectivity index (χ1) is 13.8. The Morgan fingerprint density at radius 3 is 2.76 bits per heavy atom. The lowest BCUT2D eigenvalue weighted by Gasteiger charge is -2.33. The Kier molecular flexibility index (Phi) is 4.79. The molecule has 0 fully saturated rings. The molecule has 0 saturated heterocycles. The van der Waals surface area contributed by atoms with Crippen molar-refractivity contribution in [2.24, 2.45) is 0 Å². The molecule has 1 unspecified atom stereocenters. The number of ether oxygens (including phenoxy) is 1. The van der Waals surface area contributed by atoms with Crippen molar-refractivity contribution in [3.05, 3.63) is 75.2 Å². The third kappa shape index (κ3) is 3.47. The van der Waals surface area contributed by atoms with E-state index in [1.54, 1.807) is 14.0 Å². The number of aryl methyl sites for hydroxylation is 1. The van der Waals surface area contributed by atoms with Crippen LogP contribution in [0.3, 0.4) is 0 Å². The molecule has 8 heteroatoms. The molecule has 0 aliphatic carbocycles. The summed E-state index contributed by atoms with van der Waals surface area (Å²) in [7, 11) is 1.59. The van der Waals surface area contributed by atoms with Gasteiger partial charge in [-0.25, -0.2) is 13.6 Å². The maximum absolute atomic E-state index is 13.9. The maximum Gasteiger partial charge on any atom is 0.322 e. The molecule has 2 N–H and O–H groups in total. The predicted molar refractivity (Wildman–Crippen MR) is 105 cm³/mol. The fourth-order valence-electron chi connectivity index (χ4n) is 3.60. The Labute approximate surface area is 165 Å². The number of hydrogen-bond donors (Lipinski definition) is 2. The van der Waals surface area contributed by atoms with Crippen LogP contribution in [0.4, 0.5) is 19.3 Å². The first kappa shape index (κ1) is 19.1. The number of anilines is 1. The minimum absolute atomic E-state index is 0.167. The number of aromatic nitrogens is 1. The van der Waals surface area contributed by atoms with Gasteiger partial charge in [0.25, 0.3) is 5.56 Å². The van der Waals surface area contributed by atoms with Crippen LogP contribution in [-0.2, 0) is 11.3 Å². The maximum atomic E-state index is 13.9. The average Bonchev–Trinajstić information content (AvgIpc) is 2.69. The number of nitrogens with zero attached hydrogens (tertiary/aromatic N) is 1. The summed E-state index contributed by atoms with van der Waals surface area (Å²) in [6, 6.07) is 7.27. The number of rotatable bonds is 2. The highest BCUT2D eigenvalue weighted by atomic mass is 19.1. The van der Waals surface area contributed by atoms with Gasteiger partial charge in [0.2, 0.25) is 0 Å². The standard InChI is InChI=1S/C21H19F2N3O3/c1-11-7-13(4-6-16(11)23)24-21(28)26(2)18-10-29-9-17-19(18)15-8-12(22)3-5-14(15)20(27)25-17/h3-8,18H,9-10H2,1-2H3,(H,24,28)(H,25,27). The van der Waals surface area contributed by atoms with E-state index in [1.807, 2.05) is 0 Å². The third-order valence-corrected chi connectivity index (χ3v) is 5.16. The number of aromatic amines is 1. The van der Waals surface area contributed by atoms with Crippen molar-refractivity contribution in [3.63, 3.8) is 0 Å². The number of likely N-dealkylation sites (N-methyl/N-ethyl adjacent to an activating group) is 1. The van der Waals surface area contributed by atoms with E-state index in [0.29, 0.717) is 33.3 Å². The summed E-state index contributed by atoms with van der Waals surface area (Å²) in [5.41, 5.74) is 1.70. The molecule has 4 rings (SSSR count). The lowest BCUT2D eigenvalue weighted by atomic mass is 9.96. The summed E-state index contributed by atoms with van der Waals surface area (Å²) in [6.45, 7) is 1.97. The number of H-pyrrole nitrogens is 1. The van der Waals surface area contributed by atoms with Gasteiger partial charge in [-0.3, -0.25) is 4.79 Å². The van der Waals surface area contributed by atoms with Crippen LogP contribution in [0.2, 0.25) is 0 Å². The monoisotopic (exact) mass is 399 g/mol. The second kappa shape index (κ2) is 7.29. The molecule has 2 aromatic carbocycles.